The van der Waals surface area contributed by atoms with Crippen molar-refractivity contribution in [2.45, 2.75) is 11.8 Å². The van der Waals surface area contributed by atoms with E-state index in [1.54, 1.807) is 0 Å². The van der Waals surface area contributed by atoms with E-state index in [9.17, 15) is 12.8 Å². The highest BCUT2D eigenvalue weighted by atomic mass is 35.7. The predicted octanol–water partition coefficient (Wildman–Crippen LogP) is 2.06. The molecule has 0 radical (unpaired) electrons. The Bertz CT molecular complexity index is 400. The molecule has 1 rings (SSSR count). The van der Waals surface area contributed by atoms with E-state index in [4.69, 9.17) is 10.7 Å². The van der Waals surface area contributed by atoms with E-state index in [1.807, 2.05) is 0 Å². The fourth-order valence-corrected chi connectivity index (χ4v) is 1.60. The largest absolute Gasteiger partial charge is 0.261 e. The molecule has 0 aliphatic carbocycles. The summed E-state index contributed by atoms with van der Waals surface area (Å²) in [5.74, 6) is -0.445. The fraction of sp³-hybridized carbons (Fsp3) is 0.143. The van der Waals surface area contributed by atoms with E-state index >= 15 is 0 Å². The summed E-state index contributed by atoms with van der Waals surface area (Å²) in [5.41, 5.74) is 0.261. The Hall–Kier alpha value is -0.610. The first-order chi connectivity index (χ1) is 5.41. The van der Waals surface area contributed by atoms with Gasteiger partial charge in [-0.25, -0.2) is 12.8 Å². The van der Waals surface area contributed by atoms with Gasteiger partial charge in [-0.3, -0.25) is 0 Å². The van der Waals surface area contributed by atoms with Crippen LogP contribution in [0.1, 0.15) is 5.56 Å². The first-order valence-electron chi connectivity index (χ1n) is 3.12. The molecule has 0 saturated heterocycles. The van der Waals surface area contributed by atoms with Crippen LogP contribution in [0, 0.1) is 12.7 Å². The summed E-state index contributed by atoms with van der Waals surface area (Å²) in [6.07, 6.45) is 0. The minimum Gasteiger partial charge on any atom is -0.207 e. The summed E-state index contributed by atoms with van der Waals surface area (Å²) in [7, 11) is 1.30. The van der Waals surface area contributed by atoms with Gasteiger partial charge in [0, 0.05) is 10.7 Å². The number of hydrogen-bond acceptors (Lipinski definition) is 2. The molecule has 5 heteroatoms. The number of halogens is 2. The Kier molecular flexibility index (Phi) is 2.39. The van der Waals surface area contributed by atoms with Crippen LogP contribution in [0.4, 0.5) is 4.39 Å². The molecule has 66 valence electrons. The summed E-state index contributed by atoms with van der Waals surface area (Å²) in [6, 6.07) is 3.40. The Labute approximate surface area is 74.4 Å². The van der Waals surface area contributed by atoms with Crippen LogP contribution in [0.2, 0.25) is 0 Å². The lowest BCUT2D eigenvalue weighted by Gasteiger charge is -1.98. The highest BCUT2D eigenvalue weighted by Gasteiger charge is 2.10. The Morgan fingerprint density at radius 1 is 1.42 bits per heavy atom. The van der Waals surface area contributed by atoms with Gasteiger partial charge in [0.2, 0.25) is 0 Å². The third-order valence-corrected chi connectivity index (χ3v) is 2.76. The zero-order chi connectivity index (χ0) is 9.35. The maximum atomic E-state index is 12.6. The van der Waals surface area contributed by atoms with Gasteiger partial charge in [-0.15, -0.1) is 0 Å². The molecule has 0 heterocycles. The van der Waals surface area contributed by atoms with Crippen molar-refractivity contribution in [2.24, 2.45) is 0 Å². The van der Waals surface area contributed by atoms with Crippen LogP contribution in [0.3, 0.4) is 0 Å². The molecule has 0 aliphatic rings. The minimum absolute atomic E-state index is 0.0805. The Morgan fingerprint density at radius 2 is 2.00 bits per heavy atom. The summed E-state index contributed by atoms with van der Waals surface area (Å²) >= 11 is 0. The summed E-state index contributed by atoms with van der Waals surface area (Å²) in [4.78, 5) is -0.0805. The predicted molar refractivity (Wildman–Crippen MR) is 44.2 cm³/mol. The zero-order valence-corrected chi connectivity index (χ0v) is 7.79. The van der Waals surface area contributed by atoms with Crippen molar-refractivity contribution < 1.29 is 12.8 Å². The van der Waals surface area contributed by atoms with E-state index in [0.717, 1.165) is 12.1 Å². The van der Waals surface area contributed by atoms with Gasteiger partial charge in [0.15, 0.2) is 0 Å². The molecule has 1 aromatic rings. The minimum atomic E-state index is -3.74. The monoisotopic (exact) mass is 208 g/mol. The van der Waals surface area contributed by atoms with Crippen molar-refractivity contribution >= 4 is 19.7 Å². The standard InChI is InChI=1S/C7H6ClFO2S/c1-5-4-6(12(8,10)11)2-3-7(5)9/h2-4H,1H3. The van der Waals surface area contributed by atoms with Gasteiger partial charge >= 0.3 is 0 Å². The molecule has 0 unspecified atom stereocenters. The van der Waals surface area contributed by atoms with Crippen LogP contribution in [0.5, 0.6) is 0 Å². The first-order valence-corrected chi connectivity index (χ1v) is 5.43. The highest BCUT2D eigenvalue weighted by Crippen LogP contribution is 2.17. The molecule has 2 nitrogen and oxygen atoms in total. The van der Waals surface area contributed by atoms with Crippen molar-refractivity contribution in [3.63, 3.8) is 0 Å². The van der Waals surface area contributed by atoms with Crippen LogP contribution >= 0.6 is 10.7 Å². The van der Waals surface area contributed by atoms with Gasteiger partial charge in [0.25, 0.3) is 9.05 Å². The van der Waals surface area contributed by atoms with Crippen LogP contribution in [-0.4, -0.2) is 8.42 Å². The van der Waals surface area contributed by atoms with E-state index in [1.165, 1.54) is 13.0 Å². The highest BCUT2D eigenvalue weighted by molar-refractivity contribution is 8.13. The average molecular weight is 209 g/mol. The topological polar surface area (TPSA) is 34.1 Å². The number of aryl methyl sites for hydroxylation is 1. The SMILES string of the molecule is Cc1cc(S(=O)(=O)Cl)ccc1F. The lowest BCUT2D eigenvalue weighted by molar-refractivity contribution is 0.605. The van der Waals surface area contributed by atoms with Crippen molar-refractivity contribution in [3.8, 4) is 0 Å². The quantitative estimate of drug-likeness (QED) is 0.662. The second-order valence-electron chi connectivity index (χ2n) is 2.35. The van der Waals surface area contributed by atoms with Gasteiger partial charge in [-0.05, 0) is 30.7 Å². The molecule has 0 saturated carbocycles. The molecule has 12 heavy (non-hydrogen) atoms. The molecule has 0 atom stereocenters. The number of hydrogen-bond donors (Lipinski definition) is 0. The van der Waals surface area contributed by atoms with E-state index in [0.29, 0.717) is 0 Å². The van der Waals surface area contributed by atoms with Crippen molar-refractivity contribution in [1.29, 1.82) is 0 Å². The normalized spacial score (nSPS) is 11.6. The molecule has 0 spiro atoms. The molecular formula is C7H6ClFO2S. The molecule has 0 amide bonds. The summed E-state index contributed by atoms with van der Waals surface area (Å²) in [6.45, 7) is 1.47. The van der Waals surface area contributed by atoms with Gasteiger partial charge in [0.05, 0.1) is 4.90 Å². The van der Waals surface area contributed by atoms with Crippen molar-refractivity contribution in [3.05, 3.63) is 29.6 Å². The maximum absolute atomic E-state index is 12.6. The Morgan fingerprint density at radius 3 is 2.42 bits per heavy atom. The molecule has 0 aliphatic heterocycles. The van der Waals surface area contributed by atoms with Gasteiger partial charge < -0.3 is 0 Å². The zero-order valence-electron chi connectivity index (χ0n) is 6.21. The third kappa shape index (κ3) is 1.95. The molecule has 0 fully saturated rings. The summed E-state index contributed by atoms with van der Waals surface area (Å²) in [5, 5.41) is 0. The van der Waals surface area contributed by atoms with Crippen LogP contribution < -0.4 is 0 Å². The average Bonchev–Trinajstić information content (AvgIpc) is 1.92. The molecule has 0 N–H and O–H groups in total. The van der Waals surface area contributed by atoms with Crippen molar-refractivity contribution in [1.82, 2.24) is 0 Å². The fourth-order valence-electron chi connectivity index (χ4n) is 0.769. The van der Waals surface area contributed by atoms with Gasteiger partial charge in [0.1, 0.15) is 5.82 Å². The summed E-state index contributed by atoms with van der Waals surface area (Å²) < 4.78 is 34.1. The maximum Gasteiger partial charge on any atom is 0.261 e. The van der Waals surface area contributed by atoms with Crippen LogP contribution in [0.15, 0.2) is 23.1 Å². The van der Waals surface area contributed by atoms with E-state index < -0.39 is 14.9 Å². The van der Waals surface area contributed by atoms with E-state index in [-0.39, 0.29) is 10.5 Å². The molecule has 1 aromatic carbocycles. The molecule has 0 bridgehead atoms. The van der Waals surface area contributed by atoms with E-state index in [2.05, 4.69) is 0 Å². The lowest BCUT2D eigenvalue weighted by Crippen LogP contribution is -1.92. The van der Waals surface area contributed by atoms with Crippen molar-refractivity contribution in [2.75, 3.05) is 0 Å². The number of benzene rings is 1. The van der Waals surface area contributed by atoms with Gasteiger partial charge in [-0.2, -0.15) is 0 Å². The Balaban J connectivity index is 3.33. The second kappa shape index (κ2) is 3.03. The second-order valence-corrected chi connectivity index (χ2v) is 4.91. The van der Waals surface area contributed by atoms with Crippen LogP contribution in [-0.2, 0) is 9.05 Å². The molecular weight excluding hydrogens is 203 g/mol. The van der Waals surface area contributed by atoms with Crippen LogP contribution in [0.25, 0.3) is 0 Å². The lowest BCUT2D eigenvalue weighted by atomic mass is 10.2. The van der Waals surface area contributed by atoms with Gasteiger partial charge in [-0.1, -0.05) is 0 Å². The molecule has 0 aromatic heterocycles. The smallest absolute Gasteiger partial charge is 0.207 e. The number of rotatable bonds is 1. The first kappa shape index (κ1) is 9.48. The third-order valence-electron chi connectivity index (χ3n) is 1.41.